The van der Waals surface area contributed by atoms with Crippen LogP contribution in [0.2, 0.25) is 0 Å². The van der Waals surface area contributed by atoms with Crippen molar-refractivity contribution in [1.82, 2.24) is 4.90 Å². The van der Waals surface area contributed by atoms with E-state index in [1.807, 2.05) is 59.5 Å². The van der Waals surface area contributed by atoms with E-state index in [2.05, 4.69) is 0 Å². The Morgan fingerprint density at radius 1 is 1.15 bits per heavy atom. The molecule has 1 fully saturated rings. The van der Waals surface area contributed by atoms with Gasteiger partial charge in [-0.15, -0.1) is 0 Å². The van der Waals surface area contributed by atoms with Gasteiger partial charge in [-0.1, -0.05) is 54.6 Å². The van der Waals surface area contributed by atoms with Crippen LogP contribution in [-0.2, 0) is 21.7 Å². The van der Waals surface area contributed by atoms with Crippen molar-refractivity contribution >= 4 is 5.97 Å². The first kappa shape index (κ1) is 18.6. The molecular formula is C21H25NO4. The van der Waals surface area contributed by atoms with Crippen molar-refractivity contribution in [3.63, 3.8) is 0 Å². The molecule has 1 heterocycles. The van der Waals surface area contributed by atoms with E-state index in [4.69, 9.17) is 4.74 Å². The number of rotatable bonds is 6. The zero-order chi connectivity index (χ0) is 18.6. The van der Waals surface area contributed by atoms with Gasteiger partial charge in [-0.2, -0.15) is 0 Å². The fraction of sp³-hybridized carbons (Fsp3) is 0.381. The molecule has 5 heteroatoms. The Hall–Kier alpha value is -2.21. The average molecular weight is 355 g/mol. The first-order valence-electron chi connectivity index (χ1n) is 8.86. The Morgan fingerprint density at radius 2 is 1.85 bits per heavy atom. The van der Waals surface area contributed by atoms with Gasteiger partial charge in [0.05, 0.1) is 12.2 Å². The van der Waals surface area contributed by atoms with Crippen LogP contribution in [0.15, 0.2) is 54.6 Å². The van der Waals surface area contributed by atoms with Crippen LogP contribution in [-0.4, -0.2) is 41.3 Å². The molecule has 0 saturated carbocycles. The molecule has 2 aromatic rings. The number of nitrogens with zero attached hydrogens (tertiary/aromatic N) is 1. The second-order valence-electron chi connectivity index (χ2n) is 6.85. The van der Waals surface area contributed by atoms with Gasteiger partial charge in [-0.3, -0.25) is 9.69 Å². The van der Waals surface area contributed by atoms with Crippen molar-refractivity contribution in [3.05, 3.63) is 71.3 Å². The summed E-state index contributed by atoms with van der Waals surface area (Å²) in [6.07, 6.45) is 1.02. The number of hydrogen-bond donors (Lipinski definition) is 2. The number of ether oxygens (including phenoxy) is 1. The van der Waals surface area contributed by atoms with Crippen molar-refractivity contribution in [2.75, 3.05) is 20.2 Å². The molecule has 1 aliphatic heterocycles. The van der Waals surface area contributed by atoms with Crippen LogP contribution in [0.5, 0.6) is 0 Å². The molecule has 1 saturated heterocycles. The minimum absolute atomic E-state index is 0.452. The number of methoxy groups -OCH3 is 1. The highest BCUT2D eigenvalue weighted by Gasteiger charge is 2.38. The number of carboxylic acid groups (broad SMARTS) is 1. The van der Waals surface area contributed by atoms with Gasteiger partial charge in [-0.25, -0.2) is 0 Å². The predicted molar refractivity (Wildman–Crippen MR) is 98.7 cm³/mol. The van der Waals surface area contributed by atoms with E-state index in [0.717, 1.165) is 16.7 Å². The normalized spacial score (nSPS) is 18.4. The van der Waals surface area contributed by atoms with Gasteiger partial charge in [0, 0.05) is 20.2 Å². The molecule has 0 bridgehead atoms. The first-order chi connectivity index (χ1) is 12.5. The molecule has 3 rings (SSSR count). The lowest BCUT2D eigenvalue weighted by molar-refractivity contribution is -0.146. The summed E-state index contributed by atoms with van der Waals surface area (Å²) >= 11 is 0. The smallest absolute Gasteiger partial charge is 0.325 e. The number of aliphatic hydroxyl groups is 1. The number of benzene rings is 2. The molecule has 0 aliphatic carbocycles. The maximum Gasteiger partial charge on any atom is 0.325 e. The Balaban J connectivity index is 1.77. The van der Waals surface area contributed by atoms with Gasteiger partial charge in [0.25, 0.3) is 0 Å². The van der Waals surface area contributed by atoms with Gasteiger partial charge in [0.15, 0.2) is 0 Å². The minimum Gasteiger partial charge on any atom is -0.480 e. The van der Waals surface area contributed by atoms with Gasteiger partial charge in [0.2, 0.25) is 0 Å². The highest BCUT2D eigenvalue weighted by Crippen LogP contribution is 2.36. The van der Waals surface area contributed by atoms with Gasteiger partial charge < -0.3 is 14.9 Å². The van der Waals surface area contributed by atoms with E-state index in [9.17, 15) is 15.0 Å². The molecule has 2 aromatic carbocycles. The van der Waals surface area contributed by atoms with Crippen molar-refractivity contribution in [1.29, 1.82) is 0 Å². The van der Waals surface area contributed by atoms with Crippen LogP contribution >= 0.6 is 0 Å². The van der Waals surface area contributed by atoms with Crippen LogP contribution in [0, 0.1) is 0 Å². The van der Waals surface area contributed by atoms with E-state index in [1.54, 1.807) is 7.11 Å². The first-order valence-corrected chi connectivity index (χ1v) is 8.86. The maximum atomic E-state index is 12.0. The Labute approximate surface area is 153 Å². The summed E-state index contributed by atoms with van der Waals surface area (Å²) in [6.45, 7) is 1.50. The molecule has 2 N–H and O–H groups in total. The molecule has 0 radical (unpaired) electrons. The van der Waals surface area contributed by atoms with Gasteiger partial charge >= 0.3 is 5.97 Å². The number of hydrogen-bond acceptors (Lipinski definition) is 4. The Bertz CT molecular complexity index is 739. The van der Waals surface area contributed by atoms with E-state index < -0.39 is 17.6 Å². The van der Waals surface area contributed by atoms with Crippen molar-refractivity contribution < 1.29 is 19.7 Å². The van der Waals surface area contributed by atoms with E-state index in [1.165, 1.54) is 0 Å². The van der Waals surface area contributed by atoms with Crippen LogP contribution < -0.4 is 0 Å². The Morgan fingerprint density at radius 3 is 2.46 bits per heavy atom. The predicted octanol–water partition coefficient (Wildman–Crippen LogP) is 2.94. The Kier molecular flexibility index (Phi) is 5.71. The number of likely N-dealkylation sites (tertiary alicyclic amines) is 1. The zero-order valence-electron chi connectivity index (χ0n) is 15.0. The summed E-state index contributed by atoms with van der Waals surface area (Å²) in [5.74, 6) is -0.871. The average Bonchev–Trinajstić information content (AvgIpc) is 2.65. The molecule has 1 aliphatic rings. The molecule has 5 nitrogen and oxygen atoms in total. The second kappa shape index (κ2) is 7.99. The van der Waals surface area contributed by atoms with Gasteiger partial charge in [-0.05, 0) is 29.5 Å². The largest absolute Gasteiger partial charge is 0.480 e. The molecule has 1 unspecified atom stereocenters. The number of aliphatic carboxylic acids is 1. The highest BCUT2D eigenvalue weighted by atomic mass is 16.5. The lowest BCUT2D eigenvalue weighted by Crippen LogP contribution is -2.46. The number of piperidine rings is 1. The van der Waals surface area contributed by atoms with E-state index >= 15 is 0 Å². The summed E-state index contributed by atoms with van der Waals surface area (Å²) in [7, 11) is 1.62. The van der Waals surface area contributed by atoms with Crippen molar-refractivity contribution in [2.45, 2.75) is 31.1 Å². The third-order valence-electron chi connectivity index (χ3n) is 5.11. The quantitative estimate of drug-likeness (QED) is 0.834. The SMILES string of the molecule is COCc1cccc(C(C(=O)O)N2CCC(O)(c3ccccc3)CC2)c1. The second-order valence-corrected chi connectivity index (χ2v) is 6.85. The lowest BCUT2D eigenvalue weighted by atomic mass is 9.83. The van der Waals surface area contributed by atoms with Gasteiger partial charge in [0.1, 0.15) is 6.04 Å². The minimum atomic E-state index is -0.890. The maximum absolute atomic E-state index is 12.0. The lowest BCUT2D eigenvalue weighted by Gasteiger charge is -2.41. The summed E-state index contributed by atoms with van der Waals surface area (Å²) in [4.78, 5) is 13.9. The number of carboxylic acids is 1. The standard InChI is InChI=1S/C21H25NO4/c1-26-15-16-6-5-7-17(14-16)19(20(23)24)22-12-10-21(25,11-13-22)18-8-3-2-4-9-18/h2-9,14,19,25H,10-13,15H2,1H3,(H,23,24). The molecular weight excluding hydrogens is 330 g/mol. The summed E-state index contributed by atoms with van der Waals surface area (Å²) in [6, 6.07) is 16.4. The topological polar surface area (TPSA) is 70.0 Å². The van der Waals surface area contributed by atoms with E-state index in [-0.39, 0.29) is 0 Å². The molecule has 0 spiro atoms. The van der Waals surface area contributed by atoms with E-state index in [0.29, 0.717) is 32.5 Å². The van der Waals surface area contributed by atoms with Crippen LogP contribution in [0.3, 0.4) is 0 Å². The van der Waals surface area contributed by atoms with Crippen LogP contribution in [0.1, 0.15) is 35.6 Å². The summed E-state index contributed by atoms with van der Waals surface area (Å²) in [5.41, 5.74) is 1.71. The fourth-order valence-electron chi connectivity index (χ4n) is 3.72. The summed E-state index contributed by atoms with van der Waals surface area (Å²) in [5, 5.41) is 20.8. The van der Waals surface area contributed by atoms with Crippen LogP contribution in [0.4, 0.5) is 0 Å². The van der Waals surface area contributed by atoms with Crippen LogP contribution in [0.25, 0.3) is 0 Å². The number of carbonyl (C=O) groups is 1. The van der Waals surface area contributed by atoms with Crippen molar-refractivity contribution in [2.24, 2.45) is 0 Å². The third kappa shape index (κ3) is 3.96. The molecule has 138 valence electrons. The molecule has 1 atom stereocenters. The fourth-order valence-corrected chi connectivity index (χ4v) is 3.72. The molecule has 0 aromatic heterocycles. The zero-order valence-corrected chi connectivity index (χ0v) is 15.0. The summed E-state index contributed by atoms with van der Waals surface area (Å²) < 4.78 is 5.15. The highest BCUT2D eigenvalue weighted by molar-refractivity contribution is 5.75. The third-order valence-corrected chi connectivity index (χ3v) is 5.11. The monoisotopic (exact) mass is 355 g/mol. The molecule has 26 heavy (non-hydrogen) atoms. The van der Waals surface area contributed by atoms with Crippen molar-refractivity contribution in [3.8, 4) is 0 Å². The molecule has 0 amide bonds.